The van der Waals surface area contributed by atoms with Gasteiger partial charge in [-0.25, -0.2) is 9.18 Å². The number of carbonyl (C=O) groups excluding carboxylic acids is 1. The summed E-state index contributed by atoms with van der Waals surface area (Å²) in [5, 5.41) is 10.9. The Morgan fingerprint density at radius 3 is 2.74 bits per heavy atom. The van der Waals surface area contributed by atoms with E-state index in [-0.39, 0.29) is 5.92 Å². The fraction of sp³-hybridized carbons (Fsp3) is 0.389. The number of hydrogen-bond donors (Lipinski definition) is 2. The van der Waals surface area contributed by atoms with Crippen molar-refractivity contribution in [1.29, 1.82) is 5.41 Å². The van der Waals surface area contributed by atoms with Crippen LogP contribution in [0, 0.1) is 24.1 Å². The lowest BCUT2D eigenvalue weighted by molar-refractivity contribution is 0.0770. The first-order valence-electron chi connectivity index (χ1n) is 7.64. The van der Waals surface area contributed by atoms with E-state index in [0.29, 0.717) is 24.5 Å². The molecule has 0 aromatic heterocycles. The summed E-state index contributed by atoms with van der Waals surface area (Å²) < 4.78 is 19.1. The van der Waals surface area contributed by atoms with Gasteiger partial charge in [0.1, 0.15) is 11.8 Å². The number of halogens is 1. The highest BCUT2D eigenvalue weighted by Gasteiger charge is 2.19. The molecule has 0 saturated carbocycles. The molecule has 23 heavy (non-hydrogen) atoms. The molecular weight excluding hydrogens is 295 g/mol. The van der Waals surface area contributed by atoms with E-state index in [4.69, 9.17) is 10.1 Å². The minimum atomic E-state index is -0.421. The van der Waals surface area contributed by atoms with Gasteiger partial charge in [0.15, 0.2) is 0 Å². The lowest BCUT2D eigenvalue weighted by atomic mass is 9.90. The molecule has 122 valence electrons. The molecule has 0 atom stereocenters. The molecule has 1 fully saturated rings. The lowest BCUT2D eigenvalue weighted by Gasteiger charge is -2.25. The number of hydrogen-bond acceptors (Lipinski definition) is 4. The molecule has 1 heterocycles. The monoisotopic (exact) mass is 316 g/mol. The molecule has 2 rings (SSSR count). The van der Waals surface area contributed by atoms with Crippen LogP contribution >= 0.6 is 0 Å². The summed E-state index contributed by atoms with van der Waals surface area (Å²) >= 11 is 0. The van der Waals surface area contributed by atoms with Gasteiger partial charge in [-0.1, -0.05) is 0 Å². The summed E-state index contributed by atoms with van der Waals surface area (Å²) in [7, 11) is 0. The minimum Gasteiger partial charge on any atom is -0.381 e. The first-order valence-corrected chi connectivity index (χ1v) is 7.64. The number of allylic oxidation sites excluding steroid dienone is 2. The molecule has 0 unspecified atom stereocenters. The number of ether oxygens (including phenoxy) is 1. The Balaban J connectivity index is 2.34. The molecule has 1 aliphatic heterocycles. The highest BCUT2D eigenvalue weighted by atomic mass is 19.1. The second kappa shape index (κ2) is 7.86. The maximum absolute atomic E-state index is 13.8. The van der Waals surface area contributed by atoms with E-state index in [2.05, 4.69) is 5.32 Å². The van der Waals surface area contributed by atoms with Crippen LogP contribution in [0.15, 0.2) is 23.4 Å². The van der Waals surface area contributed by atoms with Crippen LogP contribution in [0.2, 0.25) is 0 Å². The van der Waals surface area contributed by atoms with Crippen molar-refractivity contribution in [3.05, 3.63) is 40.3 Å². The van der Waals surface area contributed by atoms with Gasteiger partial charge in [-0.2, -0.15) is 0 Å². The SMILES string of the molecule is C/C(Nc1cc(F)cc(C=C=O)c1C)=C(\C=N)C1CCOCC1. The topological polar surface area (TPSA) is 62.2 Å². The van der Waals surface area contributed by atoms with Crippen LogP contribution in [0.3, 0.4) is 0 Å². The summed E-state index contributed by atoms with van der Waals surface area (Å²) in [6.45, 7) is 5.09. The van der Waals surface area contributed by atoms with Crippen LogP contribution < -0.4 is 5.32 Å². The van der Waals surface area contributed by atoms with Gasteiger partial charge in [0.05, 0.1) is 0 Å². The third-order valence-corrected chi connectivity index (χ3v) is 4.20. The minimum absolute atomic E-state index is 0.275. The fourth-order valence-electron chi connectivity index (χ4n) is 2.86. The Kier molecular flexibility index (Phi) is 5.85. The normalized spacial score (nSPS) is 16.3. The Morgan fingerprint density at radius 1 is 1.43 bits per heavy atom. The zero-order chi connectivity index (χ0) is 16.8. The molecule has 1 aliphatic rings. The second-order valence-electron chi connectivity index (χ2n) is 5.67. The van der Waals surface area contributed by atoms with Crippen LogP contribution in [-0.2, 0) is 9.53 Å². The highest BCUT2D eigenvalue weighted by molar-refractivity contribution is 5.81. The molecular formula is C18H21FN2O2. The predicted molar refractivity (Wildman–Crippen MR) is 89.9 cm³/mol. The van der Waals surface area contributed by atoms with Crippen molar-refractivity contribution in [2.45, 2.75) is 26.7 Å². The summed E-state index contributed by atoms with van der Waals surface area (Å²) in [6.07, 6.45) is 4.34. The molecule has 0 spiro atoms. The number of anilines is 1. The zero-order valence-corrected chi connectivity index (χ0v) is 13.4. The van der Waals surface area contributed by atoms with E-state index >= 15 is 0 Å². The lowest BCUT2D eigenvalue weighted by Crippen LogP contribution is -2.20. The summed E-state index contributed by atoms with van der Waals surface area (Å²) in [6, 6.07) is 2.70. The molecule has 0 radical (unpaired) electrons. The van der Waals surface area contributed by atoms with Crippen molar-refractivity contribution >= 4 is 23.9 Å². The van der Waals surface area contributed by atoms with Crippen LogP contribution in [-0.4, -0.2) is 25.4 Å². The van der Waals surface area contributed by atoms with Crippen LogP contribution in [0.25, 0.3) is 6.08 Å². The quantitative estimate of drug-likeness (QED) is 0.642. The van der Waals surface area contributed by atoms with Crippen LogP contribution in [0.1, 0.15) is 30.9 Å². The molecule has 2 N–H and O–H groups in total. The Labute approximate surface area is 135 Å². The highest BCUT2D eigenvalue weighted by Crippen LogP contribution is 2.28. The Morgan fingerprint density at radius 2 is 2.13 bits per heavy atom. The number of nitrogens with one attached hydrogen (secondary N) is 2. The van der Waals surface area contributed by atoms with E-state index in [1.807, 2.05) is 13.8 Å². The van der Waals surface area contributed by atoms with Gasteiger partial charge in [0, 0.05) is 36.9 Å². The largest absolute Gasteiger partial charge is 0.381 e. The summed E-state index contributed by atoms with van der Waals surface area (Å²) in [4.78, 5) is 10.6. The predicted octanol–water partition coefficient (Wildman–Crippen LogP) is 3.74. The standard InChI is InChI=1S/C18H21FN2O2/c1-12-15(3-6-22)9-16(19)10-18(12)21-13(2)17(11-20)14-4-7-23-8-5-14/h3,9-11,14,20-21H,4-5,7-8H2,1-2H3/b17-13-,20-11?. The molecule has 1 aromatic carbocycles. The van der Waals surface area contributed by atoms with E-state index in [1.165, 1.54) is 24.4 Å². The van der Waals surface area contributed by atoms with E-state index in [0.717, 1.165) is 29.7 Å². The number of benzene rings is 1. The average molecular weight is 316 g/mol. The molecule has 4 nitrogen and oxygen atoms in total. The van der Waals surface area contributed by atoms with Gasteiger partial charge >= 0.3 is 0 Å². The van der Waals surface area contributed by atoms with Gasteiger partial charge < -0.3 is 15.5 Å². The van der Waals surface area contributed by atoms with Crippen molar-refractivity contribution in [2.24, 2.45) is 5.92 Å². The number of rotatable bonds is 5. The fourth-order valence-corrected chi connectivity index (χ4v) is 2.86. The molecule has 1 aromatic rings. The molecule has 0 bridgehead atoms. The molecule has 5 heteroatoms. The van der Waals surface area contributed by atoms with Crippen LogP contribution in [0.5, 0.6) is 0 Å². The summed E-state index contributed by atoms with van der Waals surface area (Å²) in [5.74, 6) is 1.54. The average Bonchev–Trinajstić information content (AvgIpc) is 2.54. The zero-order valence-electron chi connectivity index (χ0n) is 13.4. The Hall–Kier alpha value is -2.23. The van der Waals surface area contributed by atoms with E-state index in [9.17, 15) is 9.18 Å². The van der Waals surface area contributed by atoms with Gasteiger partial charge in [0.25, 0.3) is 0 Å². The van der Waals surface area contributed by atoms with Gasteiger partial charge in [-0.05, 0) is 61.4 Å². The van der Waals surface area contributed by atoms with Crippen molar-refractivity contribution in [1.82, 2.24) is 0 Å². The van der Waals surface area contributed by atoms with E-state index < -0.39 is 5.82 Å². The van der Waals surface area contributed by atoms with E-state index in [1.54, 1.807) is 5.94 Å². The van der Waals surface area contributed by atoms with Crippen LogP contribution in [0.4, 0.5) is 10.1 Å². The van der Waals surface area contributed by atoms with Crippen molar-refractivity contribution < 1.29 is 13.9 Å². The third kappa shape index (κ3) is 4.15. The smallest absolute Gasteiger partial charge is 0.125 e. The first kappa shape index (κ1) is 17.1. The molecule has 0 aliphatic carbocycles. The molecule has 1 saturated heterocycles. The molecule has 0 amide bonds. The summed E-state index contributed by atoms with van der Waals surface area (Å²) in [5.41, 5.74) is 3.59. The van der Waals surface area contributed by atoms with Gasteiger partial charge in [-0.15, -0.1) is 0 Å². The maximum Gasteiger partial charge on any atom is 0.125 e. The van der Waals surface area contributed by atoms with Crippen molar-refractivity contribution in [2.75, 3.05) is 18.5 Å². The van der Waals surface area contributed by atoms with Gasteiger partial charge in [-0.3, -0.25) is 0 Å². The van der Waals surface area contributed by atoms with Gasteiger partial charge in [0.2, 0.25) is 0 Å². The second-order valence-corrected chi connectivity index (χ2v) is 5.67. The van der Waals surface area contributed by atoms with Crippen molar-refractivity contribution in [3.8, 4) is 0 Å². The maximum atomic E-state index is 13.8. The first-order chi connectivity index (χ1) is 11.1. The van der Waals surface area contributed by atoms with Crippen molar-refractivity contribution in [3.63, 3.8) is 0 Å². The third-order valence-electron chi connectivity index (χ3n) is 4.20. The Bertz CT molecular complexity index is 670.